The minimum Gasteiger partial charge on any atom is -0.490 e. The minimum absolute atomic E-state index is 0.0974. The number of piperidine rings is 1. The molecule has 0 saturated carbocycles. The van der Waals surface area contributed by atoms with Gasteiger partial charge >= 0.3 is 6.01 Å². The first-order chi connectivity index (χ1) is 17.1. The van der Waals surface area contributed by atoms with Crippen LogP contribution in [-0.2, 0) is 9.47 Å². The number of ether oxygens (including phenoxy) is 3. The summed E-state index contributed by atoms with van der Waals surface area (Å²) in [5.74, 6) is 1.46. The van der Waals surface area contributed by atoms with Gasteiger partial charge in [-0.15, -0.1) is 5.10 Å². The number of halogens is 1. The molecule has 0 aliphatic carbocycles. The molecule has 1 spiro atoms. The van der Waals surface area contributed by atoms with Crippen molar-refractivity contribution in [3.8, 4) is 5.75 Å². The first-order valence-corrected chi connectivity index (χ1v) is 13.0. The maximum absolute atomic E-state index is 14.3. The Morgan fingerprint density at radius 3 is 2.69 bits per heavy atom. The number of aromatic nitrogens is 2. The van der Waals surface area contributed by atoms with Crippen molar-refractivity contribution in [1.29, 1.82) is 0 Å². The van der Waals surface area contributed by atoms with Crippen molar-refractivity contribution in [3.63, 3.8) is 0 Å². The van der Waals surface area contributed by atoms with Crippen molar-refractivity contribution in [2.75, 3.05) is 50.9 Å². The monoisotopic (exact) mass is 486 g/mol. The number of nitrogens with zero attached hydrogens (tertiary/aromatic N) is 4. The zero-order chi connectivity index (χ0) is 23.8. The summed E-state index contributed by atoms with van der Waals surface area (Å²) in [5.41, 5.74) is 0.928. The molecule has 2 atom stereocenters. The van der Waals surface area contributed by atoms with Gasteiger partial charge in [0, 0.05) is 24.8 Å². The van der Waals surface area contributed by atoms with Gasteiger partial charge in [-0.25, -0.2) is 4.39 Å². The van der Waals surface area contributed by atoms with Crippen molar-refractivity contribution in [3.05, 3.63) is 36.0 Å². The number of hydrogen-bond donors (Lipinski definition) is 0. The van der Waals surface area contributed by atoms with Crippen LogP contribution in [0, 0.1) is 11.7 Å². The van der Waals surface area contributed by atoms with Crippen LogP contribution in [0.15, 0.2) is 29.0 Å². The predicted molar refractivity (Wildman–Crippen MR) is 127 cm³/mol. The molecule has 5 heterocycles. The molecule has 1 aromatic heterocycles. The molecule has 6 rings (SSSR count). The minimum atomic E-state index is -0.185. The van der Waals surface area contributed by atoms with E-state index in [1.165, 1.54) is 12.5 Å². The van der Waals surface area contributed by atoms with Crippen molar-refractivity contribution in [1.82, 2.24) is 15.1 Å². The molecule has 4 aliphatic heterocycles. The van der Waals surface area contributed by atoms with Gasteiger partial charge in [0.2, 0.25) is 6.39 Å². The predicted octanol–water partition coefficient (Wildman–Crippen LogP) is 3.63. The summed E-state index contributed by atoms with van der Waals surface area (Å²) < 4.78 is 37.8. The second kappa shape index (κ2) is 9.67. The van der Waals surface area contributed by atoms with E-state index in [1.807, 2.05) is 6.07 Å². The average Bonchev–Trinajstić information content (AvgIpc) is 3.56. The Morgan fingerprint density at radius 1 is 1.14 bits per heavy atom. The Bertz CT molecular complexity index is 985. The highest BCUT2D eigenvalue weighted by Gasteiger charge is 2.52. The van der Waals surface area contributed by atoms with Crippen LogP contribution in [0.5, 0.6) is 5.75 Å². The smallest absolute Gasteiger partial charge is 0.318 e. The van der Waals surface area contributed by atoms with Gasteiger partial charge in [0.1, 0.15) is 17.2 Å². The van der Waals surface area contributed by atoms with Gasteiger partial charge < -0.3 is 23.5 Å². The molecular formula is C26H35FN4O4. The Labute approximate surface area is 205 Å². The lowest BCUT2D eigenvalue weighted by Gasteiger charge is -2.46. The van der Waals surface area contributed by atoms with E-state index in [0.29, 0.717) is 23.9 Å². The van der Waals surface area contributed by atoms with E-state index in [1.54, 1.807) is 6.07 Å². The summed E-state index contributed by atoms with van der Waals surface area (Å²) in [4.78, 5) is 4.64. The third kappa shape index (κ3) is 4.78. The SMILES string of the molecule is CC(Oc1ccc(F)cc1C1CCN([C@@H]2COC3(C2)CN(c2nnco2)C3)CC1)C1CCOCC1. The van der Waals surface area contributed by atoms with E-state index in [2.05, 4.69) is 26.9 Å². The van der Waals surface area contributed by atoms with Crippen LogP contribution in [0.25, 0.3) is 0 Å². The van der Waals surface area contributed by atoms with E-state index in [0.717, 1.165) is 89.4 Å². The van der Waals surface area contributed by atoms with Crippen LogP contribution in [-0.4, -0.2) is 78.8 Å². The molecule has 4 fully saturated rings. The lowest BCUT2D eigenvalue weighted by molar-refractivity contribution is -0.0216. The number of hydrogen-bond acceptors (Lipinski definition) is 8. The van der Waals surface area contributed by atoms with Crippen molar-refractivity contribution < 1.29 is 23.0 Å². The second-order valence-corrected chi connectivity index (χ2v) is 10.7. The fourth-order valence-electron chi connectivity index (χ4n) is 6.37. The number of likely N-dealkylation sites (tertiary alicyclic amines) is 1. The van der Waals surface area contributed by atoms with Gasteiger partial charge in [0.15, 0.2) is 0 Å². The molecule has 0 radical (unpaired) electrons. The molecule has 9 heteroatoms. The molecular weight excluding hydrogens is 451 g/mol. The first kappa shape index (κ1) is 23.2. The van der Waals surface area contributed by atoms with Crippen molar-refractivity contribution in [2.45, 2.75) is 62.7 Å². The molecule has 0 bridgehead atoms. The van der Waals surface area contributed by atoms with E-state index in [4.69, 9.17) is 18.6 Å². The molecule has 1 unspecified atom stereocenters. The van der Waals surface area contributed by atoms with Crippen LogP contribution in [0.1, 0.15) is 50.5 Å². The lowest BCUT2D eigenvalue weighted by Crippen LogP contribution is -2.62. The molecule has 0 amide bonds. The summed E-state index contributed by atoms with van der Waals surface area (Å²) in [7, 11) is 0. The number of anilines is 1. The molecule has 2 aromatic rings. The quantitative estimate of drug-likeness (QED) is 0.613. The average molecular weight is 487 g/mol. The normalized spacial score (nSPS) is 26.7. The number of rotatable bonds is 6. The van der Waals surface area contributed by atoms with Gasteiger partial charge in [0.05, 0.1) is 25.8 Å². The third-order valence-corrected chi connectivity index (χ3v) is 8.47. The number of benzene rings is 1. The molecule has 4 saturated heterocycles. The maximum Gasteiger partial charge on any atom is 0.318 e. The fourth-order valence-corrected chi connectivity index (χ4v) is 6.37. The standard InChI is InChI=1S/C26H35FN4O4/c1-18(19-6-10-32-11-7-19)35-24-3-2-21(27)12-23(24)20-4-8-30(9-5-20)22-13-26(34-14-22)15-31(16-26)25-29-28-17-33-25/h2-3,12,17-20,22H,4-11,13-16H2,1H3/t18?,22-/m0/s1. The van der Waals surface area contributed by atoms with Crippen LogP contribution < -0.4 is 9.64 Å². The van der Waals surface area contributed by atoms with E-state index >= 15 is 0 Å². The molecule has 35 heavy (non-hydrogen) atoms. The Hall–Kier alpha value is -2.23. The first-order valence-electron chi connectivity index (χ1n) is 13.0. The third-order valence-electron chi connectivity index (χ3n) is 8.47. The summed E-state index contributed by atoms with van der Waals surface area (Å²) in [5, 5.41) is 7.76. The molecule has 8 nitrogen and oxygen atoms in total. The molecule has 190 valence electrons. The maximum atomic E-state index is 14.3. The summed E-state index contributed by atoms with van der Waals surface area (Å²) >= 11 is 0. The molecule has 1 aromatic carbocycles. The lowest BCUT2D eigenvalue weighted by atomic mass is 9.86. The Balaban J connectivity index is 1.05. The van der Waals surface area contributed by atoms with Gasteiger partial charge in [-0.3, -0.25) is 4.90 Å². The van der Waals surface area contributed by atoms with Crippen LogP contribution in [0.3, 0.4) is 0 Å². The Kier molecular flexibility index (Phi) is 6.41. The zero-order valence-electron chi connectivity index (χ0n) is 20.4. The fraction of sp³-hybridized carbons (Fsp3) is 0.692. The molecule has 4 aliphatic rings. The largest absolute Gasteiger partial charge is 0.490 e. The van der Waals surface area contributed by atoms with Gasteiger partial charge in [-0.2, -0.15) is 0 Å². The van der Waals surface area contributed by atoms with Gasteiger partial charge in [-0.05, 0) is 82.2 Å². The summed E-state index contributed by atoms with van der Waals surface area (Å²) in [6.45, 7) is 8.10. The highest BCUT2D eigenvalue weighted by atomic mass is 19.1. The van der Waals surface area contributed by atoms with Gasteiger partial charge in [-0.1, -0.05) is 5.10 Å². The Morgan fingerprint density at radius 2 is 1.94 bits per heavy atom. The van der Waals surface area contributed by atoms with Crippen LogP contribution in [0.4, 0.5) is 10.4 Å². The van der Waals surface area contributed by atoms with E-state index in [-0.39, 0.29) is 17.5 Å². The second-order valence-electron chi connectivity index (χ2n) is 10.7. The topological polar surface area (TPSA) is 73.1 Å². The summed E-state index contributed by atoms with van der Waals surface area (Å²) in [6, 6.07) is 6.05. The zero-order valence-corrected chi connectivity index (χ0v) is 20.4. The van der Waals surface area contributed by atoms with Crippen molar-refractivity contribution in [2.24, 2.45) is 5.92 Å². The van der Waals surface area contributed by atoms with Crippen LogP contribution >= 0.6 is 0 Å². The van der Waals surface area contributed by atoms with Crippen molar-refractivity contribution >= 4 is 6.01 Å². The van der Waals surface area contributed by atoms with Crippen LogP contribution in [0.2, 0.25) is 0 Å². The van der Waals surface area contributed by atoms with Gasteiger partial charge in [0.25, 0.3) is 0 Å². The van der Waals surface area contributed by atoms with E-state index < -0.39 is 0 Å². The summed E-state index contributed by atoms with van der Waals surface area (Å²) in [6.07, 6.45) is 6.54. The highest BCUT2D eigenvalue weighted by Crippen LogP contribution is 2.41. The highest BCUT2D eigenvalue weighted by molar-refractivity contribution is 5.38. The van der Waals surface area contributed by atoms with E-state index in [9.17, 15) is 4.39 Å². The molecule has 0 N–H and O–H groups in total.